The quantitative estimate of drug-likeness (QED) is 0.196. The predicted molar refractivity (Wildman–Crippen MR) is 186 cm³/mol. The average molecular weight is 649 g/mol. The lowest BCUT2D eigenvalue weighted by atomic mass is 10.0. The summed E-state index contributed by atoms with van der Waals surface area (Å²) in [5.41, 5.74) is -1.25. The molecule has 0 aromatic heterocycles. The zero-order valence-electron chi connectivity index (χ0n) is 31.8. The van der Waals surface area contributed by atoms with Crippen molar-refractivity contribution in [2.75, 3.05) is 0 Å². The molecule has 0 radical (unpaired) electrons. The second-order valence-corrected chi connectivity index (χ2v) is 33.3. The molecule has 1 aliphatic rings. The van der Waals surface area contributed by atoms with Gasteiger partial charge in [-0.05, 0) is 95.9 Å². The largest absolute Gasteiger partial charge is 0.412 e. The molecule has 252 valence electrons. The molecule has 0 atom stereocenters. The molecule has 0 spiro atoms. The Hall–Kier alpha value is 0.411. The van der Waals surface area contributed by atoms with Crippen LogP contribution in [0.15, 0.2) is 0 Å². The van der Waals surface area contributed by atoms with Gasteiger partial charge in [-0.1, -0.05) is 62.3 Å². The first kappa shape index (κ1) is 40.4. The van der Waals surface area contributed by atoms with E-state index in [0.717, 1.165) is 0 Å². The normalized spacial score (nSPS) is 22.9. The van der Waals surface area contributed by atoms with Crippen LogP contribution >= 0.6 is 0 Å². The lowest BCUT2D eigenvalue weighted by Crippen LogP contribution is -2.54. The minimum absolute atomic E-state index is 0.114. The molecule has 0 aromatic rings. The van der Waals surface area contributed by atoms with E-state index in [0.29, 0.717) is 19.3 Å². The van der Waals surface area contributed by atoms with Gasteiger partial charge in [0.2, 0.25) is 0 Å². The third-order valence-electron chi connectivity index (χ3n) is 9.90. The molecule has 1 aliphatic heterocycles. The molecule has 1 saturated heterocycles. The van der Waals surface area contributed by atoms with Crippen LogP contribution in [0.5, 0.6) is 0 Å². The van der Waals surface area contributed by atoms with E-state index in [9.17, 15) is 0 Å². The maximum absolute atomic E-state index is 6.87. The van der Waals surface area contributed by atoms with Crippen LogP contribution in [0.2, 0.25) is 54.4 Å². The van der Waals surface area contributed by atoms with Crippen molar-refractivity contribution in [2.45, 2.75) is 213 Å². The maximum Gasteiger partial charge on any atom is 0.192 e. The van der Waals surface area contributed by atoms with Gasteiger partial charge in [0.25, 0.3) is 0 Å². The van der Waals surface area contributed by atoms with Gasteiger partial charge in [-0.2, -0.15) is 0 Å². The minimum atomic E-state index is -2.00. The van der Waals surface area contributed by atoms with Gasteiger partial charge in [0.05, 0.1) is 16.8 Å². The van der Waals surface area contributed by atoms with Gasteiger partial charge in [0.15, 0.2) is 43.8 Å². The molecule has 6 nitrogen and oxygen atoms in total. The van der Waals surface area contributed by atoms with Gasteiger partial charge >= 0.3 is 0 Å². The van der Waals surface area contributed by atoms with Gasteiger partial charge < -0.3 is 27.5 Å². The molecule has 0 bridgehead atoms. The Balaban J connectivity index is 3.26. The highest BCUT2D eigenvalue weighted by atomic mass is 28.4. The van der Waals surface area contributed by atoms with E-state index in [2.05, 4.69) is 143 Å². The molecule has 0 N–H and O–H groups in total. The smallest absolute Gasteiger partial charge is 0.192 e. The SMILES string of the molecule is CC(C)(CC1OC(CC(C)(C)O[Si](C)(C)C(C)(C)C)OC(CC(C)(C)O[Si](C)(C)C(C)(C)C)O1)O[Si](C)(C)C(C)(C)C. The van der Waals surface area contributed by atoms with Gasteiger partial charge in [-0.15, -0.1) is 0 Å². The first-order valence-corrected chi connectivity index (χ1v) is 24.9. The van der Waals surface area contributed by atoms with E-state index in [-0.39, 0.29) is 15.1 Å². The van der Waals surface area contributed by atoms with E-state index in [1.807, 2.05) is 0 Å². The van der Waals surface area contributed by atoms with Crippen LogP contribution < -0.4 is 0 Å². The molecule has 0 unspecified atom stereocenters. The topological polar surface area (TPSA) is 55.4 Å². The van der Waals surface area contributed by atoms with Crippen molar-refractivity contribution in [3.63, 3.8) is 0 Å². The standard InChI is InChI=1S/C33H72O6Si3/c1-28(2,3)40(16,17)37-31(10,11)22-25-34-26(23-32(12,13)38-41(18,19)29(4,5)6)36-27(35-25)24-33(14,15)39-42(20,21)30(7,8)9/h25-27H,22-24H2,1-21H3. The Bertz CT molecular complexity index is 756. The highest BCUT2D eigenvalue weighted by Crippen LogP contribution is 2.44. The molecule has 1 fully saturated rings. The van der Waals surface area contributed by atoms with Crippen molar-refractivity contribution in [3.05, 3.63) is 0 Å². The van der Waals surface area contributed by atoms with Gasteiger partial charge in [0.1, 0.15) is 0 Å². The Morgan fingerprint density at radius 1 is 0.381 bits per heavy atom. The van der Waals surface area contributed by atoms with Crippen molar-refractivity contribution < 1.29 is 27.5 Å². The maximum atomic E-state index is 6.87. The van der Waals surface area contributed by atoms with Crippen LogP contribution in [0.4, 0.5) is 0 Å². The third-order valence-corrected chi connectivity index (χ3v) is 23.9. The van der Waals surface area contributed by atoms with E-state index in [1.54, 1.807) is 0 Å². The molecule has 0 amide bonds. The Morgan fingerprint density at radius 2 is 0.548 bits per heavy atom. The minimum Gasteiger partial charge on any atom is -0.412 e. The number of ether oxygens (including phenoxy) is 3. The highest BCUT2D eigenvalue weighted by molar-refractivity contribution is 6.75. The van der Waals surface area contributed by atoms with Crippen LogP contribution in [-0.4, -0.2) is 60.6 Å². The van der Waals surface area contributed by atoms with Gasteiger partial charge in [-0.25, -0.2) is 0 Å². The monoisotopic (exact) mass is 648 g/mol. The summed E-state index contributed by atoms with van der Waals surface area (Å²) in [5, 5.41) is 0.342. The number of hydrogen-bond donors (Lipinski definition) is 0. The Kier molecular flexibility index (Phi) is 12.4. The summed E-state index contributed by atoms with van der Waals surface area (Å²) >= 11 is 0. The Morgan fingerprint density at radius 3 is 0.690 bits per heavy atom. The third kappa shape index (κ3) is 12.0. The molecule has 9 heteroatoms. The fraction of sp³-hybridized carbons (Fsp3) is 1.00. The molecule has 0 saturated carbocycles. The van der Waals surface area contributed by atoms with Gasteiger partial charge in [-0.3, -0.25) is 0 Å². The summed E-state index contributed by atoms with van der Waals surface area (Å²) in [6, 6.07) is 0. The molecule has 0 aromatic carbocycles. The second-order valence-electron chi connectivity index (χ2n) is 19.2. The summed E-state index contributed by atoms with van der Waals surface area (Å²) < 4.78 is 40.3. The molecule has 1 heterocycles. The van der Waals surface area contributed by atoms with Crippen molar-refractivity contribution in [1.82, 2.24) is 0 Å². The Labute approximate surface area is 265 Å². The summed E-state index contributed by atoms with van der Waals surface area (Å²) in [7, 11) is -5.99. The summed E-state index contributed by atoms with van der Waals surface area (Å²) in [4.78, 5) is 0. The fourth-order valence-electron chi connectivity index (χ4n) is 4.75. The lowest BCUT2D eigenvalue weighted by molar-refractivity contribution is -0.397. The molecule has 0 aliphatic carbocycles. The first-order valence-electron chi connectivity index (χ1n) is 16.2. The fourth-order valence-corrected chi connectivity index (χ4v) is 10.1. The van der Waals surface area contributed by atoms with E-state index in [1.165, 1.54) is 0 Å². The van der Waals surface area contributed by atoms with Crippen molar-refractivity contribution in [2.24, 2.45) is 0 Å². The highest BCUT2D eigenvalue weighted by Gasteiger charge is 2.47. The lowest BCUT2D eigenvalue weighted by Gasteiger charge is -2.48. The van der Waals surface area contributed by atoms with E-state index < -0.39 is 60.6 Å². The molecular formula is C33H72O6Si3. The van der Waals surface area contributed by atoms with Crippen molar-refractivity contribution in [3.8, 4) is 0 Å². The molecular weight excluding hydrogens is 577 g/mol. The molecule has 1 rings (SSSR count). The summed E-state index contributed by atoms with van der Waals surface area (Å²) in [5.74, 6) is 0. The predicted octanol–water partition coefficient (Wildman–Crippen LogP) is 10.6. The second kappa shape index (κ2) is 12.9. The van der Waals surface area contributed by atoms with Crippen LogP contribution in [0.3, 0.4) is 0 Å². The van der Waals surface area contributed by atoms with Crippen molar-refractivity contribution in [1.29, 1.82) is 0 Å². The van der Waals surface area contributed by atoms with Crippen LogP contribution in [0.25, 0.3) is 0 Å². The molecule has 42 heavy (non-hydrogen) atoms. The van der Waals surface area contributed by atoms with E-state index >= 15 is 0 Å². The number of hydrogen-bond acceptors (Lipinski definition) is 6. The zero-order valence-corrected chi connectivity index (χ0v) is 34.8. The summed E-state index contributed by atoms with van der Waals surface area (Å²) in [6.45, 7) is 47.2. The van der Waals surface area contributed by atoms with Crippen LogP contribution in [0.1, 0.15) is 123 Å². The zero-order chi connectivity index (χ0) is 33.6. The first-order chi connectivity index (χ1) is 18.1. The van der Waals surface area contributed by atoms with Crippen molar-refractivity contribution >= 4 is 25.0 Å². The number of rotatable bonds is 12. The van der Waals surface area contributed by atoms with Crippen LogP contribution in [-0.2, 0) is 27.5 Å². The van der Waals surface area contributed by atoms with Gasteiger partial charge in [0, 0.05) is 19.3 Å². The average Bonchev–Trinajstić information content (AvgIpc) is 2.60. The van der Waals surface area contributed by atoms with Crippen LogP contribution in [0, 0.1) is 0 Å². The van der Waals surface area contributed by atoms with E-state index in [4.69, 9.17) is 27.5 Å². The summed E-state index contributed by atoms with van der Waals surface area (Å²) in [6.07, 6.45) is 0.469.